The van der Waals surface area contributed by atoms with Crippen molar-refractivity contribution >= 4 is 32.8 Å². The fourth-order valence-electron chi connectivity index (χ4n) is 7.66. The Morgan fingerprint density at radius 2 is 1.33 bits per heavy atom. The van der Waals surface area contributed by atoms with Crippen LogP contribution in [0.1, 0.15) is 58.2 Å². The number of para-hydroxylation sites is 2. The summed E-state index contributed by atoms with van der Waals surface area (Å²) in [6.45, 7) is 13.6. The van der Waals surface area contributed by atoms with Crippen molar-refractivity contribution in [2.45, 2.75) is 52.4 Å². The van der Waals surface area contributed by atoms with Gasteiger partial charge in [-0.25, -0.2) is 4.98 Å². The SMILES string of the molecule is CC(C)(C)c1ccc2[n-]c3c(-c4nc5c(-c6[c-]c(-c7cc(-c8ccccc8)c(C#N)cn7)ccc6)cccc5n4-c4ccccc4)cc(C(C)(C)C)cc3c2c1.[Pt+2]. The van der Waals surface area contributed by atoms with E-state index >= 15 is 0 Å². The maximum atomic E-state index is 9.90. The van der Waals surface area contributed by atoms with E-state index in [0.29, 0.717) is 5.56 Å². The van der Waals surface area contributed by atoms with Crippen LogP contribution in [0.15, 0.2) is 140 Å². The molecule has 57 heavy (non-hydrogen) atoms. The molecule has 0 radical (unpaired) electrons. The van der Waals surface area contributed by atoms with E-state index in [-0.39, 0.29) is 31.9 Å². The first-order valence-corrected chi connectivity index (χ1v) is 19.1. The summed E-state index contributed by atoms with van der Waals surface area (Å²) in [6.07, 6.45) is 1.66. The molecular weight excluding hydrogens is 878 g/mol. The molecule has 5 nitrogen and oxygen atoms in total. The predicted octanol–water partition coefficient (Wildman–Crippen LogP) is 12.6. The Kier molecular flexibility index (Phi) is 9.59. The molecule has 0 saturated heterocycles. The van der Waals surface area contributed by atoms with E-state index in [9.17, 15) is 5.26 Å². The summed E-state index contributed by atoms with van der Waals surface area (Å²) in [5.41, 5.74) is 14.0. The molecule has 0 unspecified atom stereocenters. The number of rotatable bonds is 5. The average molecular weight is 919 g/mol. The Hall–Kier alpha value is -6.08. The molecule has 3 heterocycles. The zero-order valence-electron chi connectivity index (χ0n) is 32.8. The van der Waals surface area contributed by atoms with Crippen molar-refractivity contribution in [3.8, 4) is 56.7 Å². The fourth-order valence-corrected chi connectivity index (χ4v) is 7.66. The van der Waals surface area contributed by atoms with Crippen LogP contribution in [0.25, 0.3) is 83.4 Å². The predicted molar refractivity (Wildman–Crippen MR) is 230 cm³/mol. The Labute approximate surface area is 348 Å². The van der Waals surface area contributed by atoms with E-state index < -0.39 is 0 Å². The quantitative estimate of drug-likeness (QED) is 0.161. The van der Waals surface area contributed by atoms with Gasteiger partial charge in [0, 0.05) is 23.1 Å². The minimum atomic E-state index is -0.113. The first-order chi connectivity index (χ1) is 27.0. The molecule has 0 atom stereocenters. The van der Waals surface area contributed by atoms with Crippen molar-refractivity contribution in [3.05, 3.63) is 162 Å². The Morgan fingerprint density at radius 3 is 2.05 bits per heavy atom. The second kappa shape index (κ2) is 14.5. The maximum absolute atomic E-state index is 9.90. The number of fused-ring (bicyclic) bond motifs is 4. The Bertz CT molecular complexity index is 2990. The summed E-state index contributed by atoms with van der Waals surface area (Å²) in [7, 11) is 0. The minimum absolute atomic E-state index is 0. The largest absolute Gasteiger partial charge is 2.00 e. The number of hydrogen-bond donors (Lipinski definition) is 0. The second-order valence-electron chi connectivity index (χ2n) is 16.6. The average Bonchev–Trinajstić information content (AvgIpc) is 3.79. The summed E-state index contributed by atoms with van der Waals surface area (Å²) in [4.78, 5) is 15.6. The zero-order valence-corrected chi connectivity index (χ0v) is 35.1. The standard InChI is InChI=1S/C51H41N5.Pt/c1-50(2,3)36-23-24-44-41(26-36)42-27-37(51(4,5)6)28-43(47(42)54-44)49-55-48-39(21-14-22-46(48)56(49)38-19-11-8-12-20-38)33-17-13-18-34(25-33)45-29-40(35(30-52)31-53-45)32-15-9-7-10-16-32;/h7-24,26-29,31H,1-6H3;/q-2;+2. The van der Waals surface area contributed by atoms with Crippen LogP contribution < -0.4 is 4.98 Å². The molecule has 0 saturated carbocycles. The molecule has 0 bridgehead atoms. The van der Waals surface area contributed by atoms with Gasteiger partial charge in [0.1, 0.15) is 11.9 Å². The summed E-state index contributed by atoms with van der Waals surface area (Å²) < 4.78 is 2.28. The molecule has 0 aliphatic rings. The molecule has 0 N–H and O–H groups in total. The molecule has 6 heteroatoms. The number of aromatic nitrogens is 4. The first-order valence-electron chi connectivity index (χ1n) is 19.1. The van der Waals surface area contributed by atoms with E-state index in [0.717, 1.165) is 78.0 Å². The van der Waals surface area contributed by atoms with Crippen molar-refractivity contribution in [1.29, 1.82) is 5.26 Å². The van der Waals surface area contributed by atoms with Gasteiger partial charge in [-0.2, -0.15) is 5.26 Å². The second-order valence-corrected chi connectivity index (χ2v) is 16.6. The Morgan fingerprint density at radius 1 is 0.649 bits per heavy atom. The van der Waals surface area contributed by atoms with Gasteiger partial charge < -0.3 is 4.98 Å². The third kappa shape index (κ3) is 6.79. The van der Waals surface area contributed by atoms with Crippen molar-refractivity contribution < 1.29 is 21.1 Å². The smallest absolute Gasteiger partial charge is 0.656 e. The molecule has 0 fully saturated rings. The summed E-state index contributed by atoms with van der Waals surface area (Å²) in [5.74, 6) is 0.839. The Balaban J connectivity index is 0.00000455. The number of hydrogen-bond acceptors (Lipinski definition) is 3. The van der Waals surface area contributed by atoms with Crippen LogP contribution in [0.2, 0.25) is 0 Å². The van der Waals surface area contributed by atoms with Gasteiger partial charge in [0.25, 0.3) is 0 Å². The monoisotopic (exact) mass is 918 g/mol. The number of benzene rings is 6. The van der Waals surface area contributed by atoms with Crippen molar-refractivity contribution in [2.75, 3.05) is 0 Å². The minimum Gasteiger partial charge on any atom is -0.656 e. The molecule has 0 aliphatic carbocycles. The van der Waals surface area contributed by atoms with Crippen LogP contribution in [0.4, 0.5) is 0 Å². The maximum Gasteiger partial charge on any atom is 2.00 e. The van der Waals surface area contributed by atoms with E-state index in [1.54, 1.807) is 6.20 Å². The number of imidazole rings is 1. The molecular formula is C51H41N5Pt. The summed E-state index contributed by atoms with van der Waals surface area (Å²) >= 11 is 0. The molecule has 0 spiro atoms. The van der Waals surface area contributed by atoms with Crippen molar-refractivity contribution in [1.82, 2.24) is 19.5 Å². The fraction of sp³-hybridized carbons (Fsp3) is 0.157. The van der Waals surface area contributed by atoms with Crippen molar-refractivity contribution in [2.24, 2.45) is 0 Å². The normalized spacial score (nSPS) is 11.9. The van der Waals surface area contributed by atoms with Gasteiger partial charge in [0.05, 0.1) is 16.6 Å². The van der Waals surface area contributed by atoms with E-state index in [4.69, 9.17) is 15.0 Å². The van der Waals surface area contributed by atoms with Crippen LogP contribution in [0, 0.1) is 17.4 Å². The van der Waals surface area contributed by atoms with Crippen LogP contribution >= 0.6 is 0 Å². The third-order valence-electron chi connectivity index (χ3n) is 10.8. The van der Waals surface area contributed by atoms with Crippen molar-refractivity contribution in [3.63, 3.8) is 0 Å². The number of nitrogens with zero attached hydrogens (tertiary/aromatic N) is 5. The van der Waals surface area contributed by atoms with Crippen LogP contribution in [-0.2, 0) is 31.9 Å². The third-order valence-corrected chi connectivity index (χ3v) is 10.8. The van der Waals surface area contributed by atoms with Gasteiger partial charge in [-0.05, 0) is 68.1 Å². The van der Waals surface area contributed by atoms with E-state index in [1.165, 1.54) is 16.5 Å². The number of nitriles is 1. The van der Waals surface area contributed by atoms with Gasteiger partial charge in [-0.1, -0.05) is 144 Å². The van der Waals surface area contributed by atoms with Gasteiger partial charge in [0.2, 0.25) is 0 Å². The topological polar surface area (TPSA) is 68.6 Å². The van der Waals surface area contributed by atoms with E-state index in [1.807, 2.05) is 54.6 Å². The van der Waals surface area contributed by atoms with E-state index in [2.05, 4.69) is 137 Å². The summed E-state index contributed by atoms with van der Waals surface area (Å²) in [5, 5.41) is 12.2. The van der Waals surface area contributed by atoms with Crippen LogP contribution in [-0.4, -0.2) is 14.5 Å². The molecule has 0 aliphatic heterocycles. The van der Waals surface area contributed by atoms with Gasteiger partial charge >= 0.3 is 21.1 Å². The zero-order chi connectivity index (χ0) is 38.8. The summed E-state index contributed by atoms with van der Waals surface area (Å²) in [6, 6.07) is 52.3. The van der Waals surface area contributed by atoms with Gasteiger partial charge in [-0.3, -0.25) is 9.55 Å². The first kappa shape index (κ1) is 37.8. The molecule has 0 amide bonds. The molecule has 280 valence electrons. The van der Waals surface area contributed by atoms with Crippen LogP contribution in [0.3, 0.4) is 0 Å². The number of pyridine rings is 1. The molecule has 9 aromatic rings. The molecule has 6 aromatic carbocycles. The van der Waals surface area contributed by atoms with Gasteiger partial charge in [-0.15, -0.1) is 40.9 Å². The molecule has 9 rings (SSSR count). The molecule has 3 aromatic heterocycles. The van der Waals surface area contributed by atoms with Crippen LogP contribution in [0.5, 0.6) is 0 Å². The van der Waals surface area contributed by atoms with Gasteiger partial charge in [0.15, 0.2) is 0 Å².